The van der Waals surface area contributed by atoms with Crippen LogP contribution in [0.15, 0.2) is 24.3 Å². The number of unbranched alkanes of at least 4 members (excludes halogenated alkanes) is 30. The number of quaternary nitrogens is 1. The van der Waals surface area contributed by atoms with Crippen molar-refractivity contribution < 1.29 is 42.1 Å². The van der Waals surface area contributed by atoms with Crippen molar-refractivity contribution in [1.29, 1.82) is 0 Å². The molecule has 0 N–H and O–H groups in total. The normalized spacial score (nSPS) is 13.6. The lowest BCUT2D eigenvalue weighted by Gasteiger charge is -2.28. The highest BCUT2D eigenvalue weighted by Gasteiger charge is 2.21. The Morgan fingerprint density at radius 1 is 0.500 bits per heavy atom. The molecule has 0 radical (unpaired) electrons. The van der Waals surface area contributed by atoms with Gasteiger partial charge in [-0.3, -0.25) is 14.2 Å². The van der Waals surface area contributed by atoms with Crippen LogP contribution in [0.2, 0.25) is 0 Å². The van der Waals surface area contributed by atoms with Crippen LogP contribution in [0, 0.1) is 0 Å². The highest BCUT2D eigenvalue weighted by Crippen LogP contribution is 2.38. The number of phosphoric ester groups is 1. The van der Waals surface area contributed by atoms with Crippen LogP contribution in [-0.2, 0) is 32.7 Å². The summed E-state index contributed by atoms with van der Waals surface area (Å²) in [5.74, 6) is -0.826. The molecule has 0 aromatic rings. The summed E-state index contributed by atoms with van der Waals surface area (Å²) in [7, 11) is 1.17. The number of phosphoric acid groups is 1. The number of carbonyl (C=O) groups is 2. The summed E-state index contributed by atoms with van der Waals surface area (Å²) in [4.78, 5) is 37.7. The molecule has 0 aliphatic rings. The largest absolute Gasteiger partial charge is 0.756 e. The first-order valence-corrected chi connectivity index (χ1v) is 27.5. The average molecular weight is 898 g/mol. The number of likely N-dealkylation sites (N-methyl/N-ethyl adjacent to an activating group) is 1. The molecule has 0 saturated heterocycles. The molecule has 366 valence electrons. The summed E-state index contributed by atoms with van der Waals surface area (Å²) < 4.78 is 34.1. The Balaban J connectivity index is 4.22. The van der Waals surface area contributed by atoms with E-state index in [1.54, 1.807) is 0 Å². The number of hydrogen-bond acceptors (Lipinski definition) is 8. The van der Waals surface area contributed by atoms with Crippen molar-refractivity contribution in [1.82, 2.24) is 0 Å². The van der Waals surface area contributed by atoms with Gasteiger partial charge in [-0.1, -0.05) is 212 Å². The fourth-order valence-corrected chi connectivity index (χ4v) is 8.12. The highest BCUT2D eigenvalue weighted by molar-refractivity contribution is 7.45. The first-order chi connectivity index (χ1) is 30.0. The predicted molar refractivity (Wildman–Crippen MR) is 259 cm³/mol. The standard InChI is InChI=1S/C52H100NO8P/c1-6-8-10-12-14-16-18-20-22-24-26-28-30-32-34-36-38-40-42-44-51(54)58-48-50(49-60-62(56,57)59-47-46-53(3,4)5)61-52(55)45-43-41-39-37-35-33-31-29-27-25-23-21-19-17-15-13-11-9-7-2/h15,17,21,23,50H,6-14,16,18-20,22,24-49H2,1-5H3/b17-15-,23-21-. The molecule has 0 spiro atoms. The van der Waals surface area contributed by atoms with Crippen LogP contribution in [0.5, 0.6) is 0 Å². The van der Waals surface area contributed by atoms with E-state index in [9.17, 15) is 19.0 Å². The third-order valence-corrected chi connectivity index (χ3v) is 12.4. The smallest absolute Gasteiger partial charge is 0.306 e. The zero-order valence-corrected chi connectivity index (χ0v) is 42.2. The first-order valence-electron chi connectivity index (χ1n) is 26.0. The maximum Gasteiger partial charge on any atom is 0.306 e. The molecule has 2 atom stereocenters. The molecule has 0 bridgehead atoms. The molecule has 0 fully saturated rings. The second-order valence-corrected chi connectivity index (χ2v) is 20.3. The summed E-state index contributed by atoms with van der Waals surface area (Å²) >= 11 is 0. The fourth-order valence-electron chi connectivity index (χ4n) is 7.39. The van der Waals surface area contributed by atoms with E-state index < -0.39 is 26.5 Å². The van der Waals surface area contributed by atoms with Gasteiger partial charge in [-0.05, 0) is 44.9 Å². The van der Waals surface area contributed by atoms with Crippen LogP contribution in [0.3, 0.4) is 0 Å². The molecule has 9 nitrogen and oxygen atoms in total. The third kappa shape index (κ3) is 48.0. The van der Waals surface area contributed by atoms with E-state index >= 15 is 0 Å². The summed E-state index contributed by atoms with van der Waals surface area (Å²) in [6.07, 6.45) is 50.6. The Hall–Kier alpha value is -1.51. The summed E-state index contributed by atoms with van der Waals surface area (Å²) in [6.45, 7) is 4.24. The minimum atomic E-state index is -4.63. The van der Waals surface area contributed by atoms with Crippen molar-refractivity contribution >= 4 is 19.8 Å². The van der Waals surface area contributed by atoms with Crippen molar-refractivity contribution in [2.24, 2.45) is 0 Å². The minimum absolute atomic E-state index is 0.0294. The average Bonchev–Trinajstić information content (AvgIpc) is 3.23. The number of hydrogen-bond donors (Lipinski definition) is 0. The topological polar surface area (TPSA) is 111 Å². The van der Waals surface area contributed by atoms with Crippen LogP contribution in [-0.4, -0.2) is 70.0 Å². The van der Waals surface area contributed by atoms with Crippen molar-refractivity contribution in [3.63, 3.8) is 0 Å². The van der Waals surface area contributed by atoms with Gasteiger partial charge in [-0.15, -0.1) is 0 Å². The lowest BCUT2D eigenvalue weighted by Crippen LogP contribution is -2.37. The second-order valence-electron chi connectivity index (χ2n) is 18.9. The molecule has 0 heterocycles. The van der Waals surface area contributed by atoms with Crippen LogP contribution in [0.1, 0.15) is 245 Å². The monoisotopic (exact) mass is 898 g/mol. The molecule has 0 aromatic heterocycles. The molecule has 0 aliphatic heterocycles. The van der Waals surface area contributed by atoms with Crippen molar-refractivity contribution in [3.8, 4) is 0 Å². The third-order valence-electron chi connectivity index (χ3n) is 11.5. The van der Waals surface area contributed by atoms with Gasteiger partial charge < -0.3 is 27.9 Å². The molecule has 0 aromatic carbocycles. The quantitative estimate of drug-likeness (QED) is 0.0195. The number of allylic oxidation sites excluding steroid dienone is 4. The van der Waals surface area contributed by atoms with E-state index in [2.05, 4.69) is 38.2 Å². The van der Waals surface area contributed by atoms with Crippen LogP contribution < -0.4 is 4.89 Å². The maximum absolute atomic E-state index is 12.7. The van der Waals surface area contributed by atoms with E-state index in [0.29, 0.717) is 17.4 Å². The number of nitrogens with zero attached hydrogens (tertiary/aromatic N) is 1. The van der Waals surface area contributed by atoms with E-state index in [1.165, 1.54) is 161 Å². The van der Waals surface area contributed by atoms with Gasteiger partial charge in [0.1, 0.15) is 19.8 Å². The molecular formula is C52H100NO8P. The maximum atomic E-state index is 12.7. The molecule has 2 unspecified atom stereocenters. The highest BCUT2D eigenvalue weighted by atomic mass is 31.2. The van der Waals surface area contributed by atoms with Crippen LogP contribution in [0.4, 0.5) is 0 Å². The Kier molecular flexibility index (Phi) is 43.6. The Morgan fingerprint density at radius 3 is 1.31 bits per heavy atom. The zero-order valence-electron chi connectivity index (χ0n) is 41.3. The molecule has 10 heteroatoms. The zero-order chi connectivity index (χ0) is 45.7. The summed E-state index contributed by atoms with van der Waals surface area (Å²) in [6, 6.07) is 0. The summed E-state index contributed by atoms with van der Waals surface area (Å²) in [5, 5.41) is 0. The van der Waals surface area contributed by atoms with E-state index in [1.807, 2.05) is 21.1 Å². The first kappa shape index (κ1) is 60.5. The van der Waals surface area contributed by atoms with Gasteiger partial charge in [0.25, 0.3) is 7.82 Å². The number of carbonyl (C=O) groups excluding carboxylic acids is 2. The van der Waals surface area contributed by atoms with E-state index in [-0.39, 0.29) is 32.0 Å². The molecule has 0 aliphatic carbocycles. The number of esters is 2. The van der Waals surface area contributed by atoms with E-state index in [0.717, 1.165) is 51.4 Å². The molecule has 62 heavy (non-hydrogen) atoms. The SMILES string of the molecule is CCCCC/C=C\C/C=C\CCCCCCCCCCCC(=O)OC(COC(=O)CCCCCCCCCCCCCCCCCCCCC)COP(=O)([O-])OCC[N+](C)(C)C. The Bertz CT molecular complexity index is 1110. The van der Waals surface area contributed by atoms with Gasteiger partial charge in [-0.25, -0.2) is 0 Å². The minimum Gasteiger partial charge on any atom is -0.756 e. The van der Waals surface area contributed by atoms with Gasteiger partial charge in [0.2, 0.25) is 0 Å². The molecule has 0 rings (SSSR count). The van der Waals surface area contributed by atoms with Crippen molar-refractivity contribution in [2.45, 2.75) is 251 Å². The molecular weight excluding hydrogens is 798 g/mol. The lowest BCUT2D eigenvalue weighted by molar-refractivity contribution is -0.870. The Labute approximate surface area is 383 Å². The van der Waals surface area contributed by atoms with Crippen LogP contribution in [0.25, 0.3) is 0 Å². The predicted octanol–water partition coefficient (Wildman–Crippen LogP) is 14.8. The fraction of sp³-hybridized carbons (Fsp3) is 0.885. The van der Waals surface area contributed by atoms with Gasteiger partial charge in [-0.2, -0.15) is 0 Å². The van der Waals surface area contributed by atoms with Crippen molar-refractivity contribution in [2.75, 3.05) is 47.5 Å². The second kappa shape index (κ2) is 44.7. The van der Waals surface area contributed by atoms with Gasteiger partial charge in [0, 0.05) is 12.8 Å². The molecule has 0 amide bonds. The van der Waals surface area contributed by atoms with Gasteiger partial charge in [0.15, 0.2) is 6.10 Å². The molecule has 0 saturated carbocycles. The number of ether oxygens (including phenoxy) is 2. The van der Waals surface area contributed by atoms with E-state index in [4.69, 9.17) is 18.5 Å². The van der Waals surface area contributed by atoms with Crippen molar-refractivity contribution in [3.05, 3.63) is 24.3 Å². The number of rotatable bonds is 48. The lowest BCUT2D eigenvalue weighted by atomic mass is 10.0. The Morgan fingerprint density at radius 2 is 0.871 bits per heavy atom. The van der Waals surface area contributed by atoms with Gasteiger partial charge >= 0.3 is 11.9 Å². The summed E-state index contributed by atoms with van der Waals surface area (Å²) in [5.41, 5.74) is 0. The van der Waals surface area contributed by atoms with Crippen LogP contribution >= 0.6 is 7.82 Å². The van der Waals surface area contributed by atoms with Gasteiger partial charge in [0.05, 0.1) is 27.7 Å².